The van der Waals surface area contributed by atoms with Crippen LogP contribution < -0.4 is 5.73 Å². The fraction of sp³-hybridized carbons (Fsp3) is 0.538. The van der Waals surface area contributed by atoms with Crippen LogP contribution in [-0.2, 0) is 0 Å². The summed E-state index contributed by atoms with van der Waals surface area (Å²) < 4.78 is 0. The van der Waals surface area contributed by atoms with Gasteiger partial charge in [0.1, 0.15) is 0 Å². The molecule has 1 atom stereocenters. The highest BCUT2D eigenvalue weighted by Gasteiger charge is 2.13. The molecule has 0 saturated carbocycles. The second kappa shape index (κ2) is 7.57. The molecule has 0 spiro atoms. The van der Waals surface area contributed by atoms with E-state index in [1.165, 1.54) is 11.1 Å². The Morgan fingerprint density at radius 2 is 2.00 bits per heavy atom. The van der Waals surface area contributed by atoms with Gasteiger partial charge in [-0.25, -0.2) is 0 Å². The van der Waals surface area contributed by atoms with Gasteiger partial charge in [0.15, 0.2) is 0 Å². The number of nitrogens with two attached hydrogens (primary N) is 1. The molecule has 0 heterocycles. The summed E-state index contributed by atoms with van der Waals surface area (Å²) in [6, 6.07) is 0.340. The van der Waals surface area contributed by atoms with Gasteiger partial charge in [0.05, 0.1) is 0 Å². The van der Waals surface area contributed by atoms with E-state index >= 15 is 0 Å². The number of hydrogen-bond donors (Lipinski definition) is 1. The Balaban J connectivity index is 0.000000791. The molecule has 0 fully saturated rings. The average Bonchev–Trinajstić information content (AvgIpc) is 2.24. The van der Waals surface area contributed by atoms with Crippen LogP contribution in [0.15, 0.2) is 36.0 Å². The van der Waals surface area contributed by atoms with Crippen molar-refractivity contribution in [3.8, 4) is 0 Å². The molecular weight excluding hydrogens is 170 g/mol. The van der Waals surface area contributed by atoms with E-state index in [0.717, 1.165) is 19.3 Å². The predicted octanol–water partition coefficient (Wildman–Crippen LogP) is 3.58. The molecule has 1 heteroatoms. The molecule has 1 aliphatic rings. The molecule has 0 bridgehead atoms. The van der Waals surface area contributed by atoms with E-state index in [0.29, 0.717) is 6.04 Å². The Kier molecular flexibility index (Phi) is 7.13. The zero-order valence-corrected chi connectivity index (χ0v) is 9.72. The van der Waals surface area contributed by atoms with Gasteiger partial charge in [-0.15, -0.1) is 0 Å². The molecule has 1 aliphatic carbocycles. The third-order valence-corrected chi connectivity index (χ3v) is 2.29. The minimum Gasteiger partial charge on any atom is -0.327 e. The zero-order valence-electron chi connectivity index (χ0n) is 9.72. The standard InChI is InChI=1S/C11H17N.C2H6/c1-3-5-10-6-7-11(12)8-9(10)4-2;1-2/h3-5,11H,2,6-8,12H2,1H3;1-2H3/b5-3-;. The molecule has 0 aromatic carbocycles. The van der Waals surface area contributed by atoms with Gasteiger partial charge in [-0.3, -0.25) is 0 Å². The largest absolute Gasteiger partial charge is 0.327 e. The molecule has 2 N–H and O–H groups in total. The molecule has 1 nitrogen and oxygen atoms in total. The van der Waals surface area contributed by atoms with Crippen LogP contribution in [0.2, 0.25) is 0 Å². The van der Waals surface area contributed by atoms with E-state index < -0.39 is 0 Å². The number of allylic oxidation sites excluding steroid dienone is 4. The molecule has 1 unspecified atom stereocenters. The first-order chi connectivity index (χ1) is 6.77. The lowest BCUT2D eigenvalue weighted by atomic mass is 9.88. The maximum Gasteiger partial charge on any atom is 0.00825 e. The molecule has 1 rings (SSSR count). The van der Waals surface area contributed by atoms with E-state index in [2.05, 4.69) is 18.7 Å². The second-order valence-corrected chi connectivity index (χ2v) is 3.26. The first-order valence-electron chi connectivity index (χ1n) is 5.50. The summed E-state index contributed by atoms with van der Waals surface area (Å²) in [7, 11) is 0. The highest BCUT2D eigenvalue weighted by atomic mass is 14.6. The molecule has 14 heavy (non-hydrogen) atoms. The Bertz CT molecular complexity index is 223. The van der Waals surface area contributed by atoms with Crippen molar-refractivity contribution in [1.29, 1.82) is 0 Å². The van der Waals surface area contributed by atoms with Crippen LogP contribution in [0.25, 0.3) is 0 Å². The van der Waals surface area contributed by atoms with Crippen LogP contribution in [0.4, 0.5) is 0 Å². The van der Waals surface area contributed by atoms with Crippen LogP contribution in [-0.4, -0.2) is 6.04 Å². The van der Waals surface area contributed by atoms with E-state index in [4.69, 9.17) is 5.73 Å². The van der Waals surface area contributed by atoms with Crippen LogP contribution in [0.5, 0.6) is 0 Å². The molecule has 0 amide bonds. The van der Waals surface area contributed by atoms with Crippen LogP contribution in [0.3, 0.4) is 0 Å². The van der Waals surface area contributed by atoms with Gasteiger partial charge in [-0.2, -0.15) is 0 Å². The molecule has 0 radical (unpaired) electrons. The van der Waals surface area contributed by atoms with Gasteiger partial charge >= 0.3 is 0 Å². The molecule has 80 valence electrons. The molecule has 0 aromatic heterocycles. The first kappa shape index (κ1) is 13.2. The topological polar surface area (TPSA) is 26.0 Å². The second-order valence-electron chi connectivity index (χ2n) is 3.26. The van der Waals surface area contributed by atoms with Crippen molar-refractivity contribution in [3.63, 3.8) is 0 Å². The van der Waals surface area contributed by atoms with Crippen molar-refractivity contribution in [3.05, 3.63) is 36.0 Å². The predicted molar refractivity (Wildman–Crippen MR) is 65.2 cm³/mol. The van der Waals surface area contributed by atoms with E-state index in [-0.39, 0.29) is 0 Å². The van der Waals surface area contributed by atoms with Crippen molar-refractivity contribution in [2.24, 2.45) is 5.73 Å². The summed E-state index contributed by atoms with van der Waals surface area (Å²) >= 11 is 0. The monoisotopic (exact) mass is 193 g/mol. The normalized spacial score (nSPS) is 21.9. The lowest BCUT2D eigenvalue weighted by molar-refractivity contribution is 0.582. The van der Waals surface area contributed by atoms with Gasteiger partial charge in [0, 0.05) is 6.04 Å². The fourth-order valence-electron chi connectivity index (χ4n) is 1.62. The quantitative estimate of drug-likeness (QED) is 0.712. The van der Waals surface area contributed by atoms with Crippen molar-refractivity contribution < 1.29 is 0 Å². The van der Waals surface area contributed by atoms with Crippen molar-refractivity contribution >= 4 is 0 Å². The van der Waals surface area contributed by atoms with Crippen molar-refractivity contribution in [2.75, 3.05) is 0 Å². The lowest BCUT2D eigenvalue weighted by Crippen LogP contribution is -2.23. The van der Waals surface area contributed by atoms with E-state index in [9.17, 15) is 0 Å². The number of rotatable bonds is 2. The fourth-order valence-corrected chi connectivity index (χ4v) is 1.62. The Hall–Kier alpha value is -0.820. The molecule has 0 saturated heterocycles. The highest BCUT2D eigenvalue weighted by Crippen LogP contribution is 2.25. The van der Waals surface area contributed by atoms with Gasteiger partial charge in [-0.1, -0.05) is 38.7 Å². The van der Waals surface area contributed by atoms with Gasteiger partial charge in [0.25, 0.3) is 0 Å². The summed E-state index contributed by atoms with van der Waals surface area (Å²) in [6.07, 6.45) is 9.39. The maximum absolute atomic E-state index is 5.85. The Morgan fingerprint density at radius 3 is 2.50 bits per heavy atom. The maximum atomic E-state index is 5.85. The SMILES string of the molecule is C=CC1=C(/C=C\C)CCC(N)C1.CC. The molecule has 0 aromatic rings. The van der Waals surface area contributed by atoms with Crippen molar-refractivity contribution in [1.82, 2.24) is 0 Å². The summed E-state index contributed by atoms with van der Waals surface area (Å²) in [5, 5.41) is 0. The van der Waals surface area contributed by atoms with Crippen LogP contribution >= 0.6 is 0 Å². The summed E-state index contributed by atoms with van der Waals surface area (Å²) in [5.41, 5.74) is 8.59. The highest BCUT2D eigenvalue weighted by molar-refractivity contribution is 5.34. The minimum atomic E-state index is 0.340. The van der Waals surface area contributed by atoms with E-state index in [1.807, 2.05) is 26.8 Å². The Labute approximate surface area is 88.4 Å². The summed E-state index contributed by atoms with van der Waals surface area (Å²) in [6.45, 7) is 9.85. The van der Waals surface area contributed by atoms with Crippen molar-refractivity contribution in [2.45, 2.75) is 46.1 Å². The van der Waals surface area contributed by atoms with E-state index in [1.54, 1.807) is 0 Å². The molecular formula is C13H23N. The average molecular weight is 193 g/mol. The van der Waals surface area contributed by atoms with Crippen LogP contribution in [0, 0.1) is 0 Å². The number of hydrogen-bond acceptors (Lipinski definition) is 1. The zero-order chi connectivity index (χ0) is 11.0. The third kappa shape index (κ3) is 3.93. The Morgan fingerprint density at radius 1 is 1.36 bits per heavy atom. The van der Waals surface area contributed by atoms with Gasteiger partial charge in [0.2, 0.25) is 0 Å². The summed E-state index contributed by atoms with van der Waals surface area (Å²) in [4.78, 5) is 0. The smallest absolute Gasteiger partial charge is 0.00825 e. The first-order valence-corrected chi connectivity index (χ1v) is 5.50. The minimum absolute atomic E-state index is 0.340. The third-order valence-electron chi connectivity index (χ3n) is 2.29. The van der Waals surface area contributed by atoms with Gasteiger partial charge in [-0.05, 0) is 37.3 Å². The molecule has 0 aliphatic heterocycles. The lowest BCUT2D eigenvalue weighted by Gasteiger charge is -2.21. The van der Waals surface area contributed by atoms with Crippen LogP contribution in [0.1, 0.15) is 40.0 Å². The van der Waals surface area contributed by atoms with Gasteiger partial charge < -0.3 is 5.73 Å². The summed E-state index contributed by atoms with van der Waals surface area (Å²) in [5.74, 6) is 0.